The van der Waals surface area contributed by atoms with Gasteiger partial charge in [0.2, 0.25) is 0 Å². The van der Waals surface area contributed by atoms with Crippen molar-refractivity contribution < 1.29 is 42.7 Å². The van der Waals surface area contributed by atoms with E-state index in [1.165, 1.54) is 109 Å². The van der Waals surface area contributed by atoms with Gasteiger partial charge in [-0.3, -0.25) is 18.6 Å². The Morgan fingerprint density at radius 3 is 1.33 bits per heavy atom. The molecule has 61 heavy (non-hydrogen) atoms. The van der Waals surface area contributed by atoms with Crippen LogP contribution in [0.1, 0.15) is 194 Å². The molecule has 0 saturated carbocycles. The van der Waals surface area contributed by atoms with E-state index in [1.807, 2.05) is 12.2 Å². The molecule has 0 amide bonds. The molecule has 0 rings (SSSR count). The first-order valence-electron chi connectivity index (χ1n) is 24.0. The Hall–Kier alpha value is -2.59. The van der Waals surface area contributed by atoms with Crippen molar-refractivity contribution in [2.75, 3.05) is 26.4 Å². The predicted octanol–water partition coefficient (Wildman–Crippen LogP) is 13.8. The Morgan fingerprint density at radius 2 is 0.918 bits per heavy atom. The summed E-state index contributed by atoms with van der Waals surface area (Å²) in [7, 11) is -4.64. The highest BCUT2D eigenvalue weighted by molar-refractivity contribution is 7.47. The summed E-state index contributed by atoms with van der Waals surface area (Å²) >= 11 is 0. The van der Waals surface area contributed by atoms with Crippen molar-refractivity contribution in [3.63, 3.8) is 0 Å². The van der Waals surface area contributed by atoms with Gasteiger partial charge in [-0.25, -0.2) is 4.57 Å². The second-order valence-corrected chi connectivity index (χ2v) is 17.3. The largest absolute Gasteiger partial charge is 0.480 e. The van der Waals surface area contributed by atoms with Gasteiger partial charge in [0.1, 0.15) is 12.1 Å². The Labute approximate surface area is 372 Å². The summed E-state index contributed by atoms with van der Waals surface area (Å²) in [6.07, 6.45) is 56.9. The van der Waals surface area contributed by atoms with Gasteiger partial charge in [-0.1, -0.05) is 209 Å². The molecule has 0 aromatic heterocycles. The monoisotopic (exact) mass is 878 g/mol. The van der Waals surface area contributed by atoms with Gasteiger partial charge in [-0.15, -0.1) is 0 Å². The number of ether oxygens (including phenoxy) is 2. The third-order valence-corrected chi connectivity index (χ3v) is 11.0. The molecule has 0 aromatic rings. The average molecular weight is 878 g/mol. The van der Waals surface area contributed by atoms with E-state index in [9.17, 15) is 19.0 Å². The lowest BCUT2D eigenvalue weighted by Gasteiger charge is -2.20. The first kappa shape index (κ1) is 58.4. The van der Waals surface area contributed by atoms with Gasteiger partial charge in [0.15, 0.2) is 0 Å². The highest BCUT2D eigenvalue weighted by Crippen LogP contribution is 2.43. The zero-order valence-corrected chi connectivity index (χ0v) is 39.4. The van der Waals surface area contributed by atoms with Crippen LogP contribution in [-0.2, 0) is 32.7 Å². The summed E-state index contributed by atoms with van der Waals surface area (Å²) in [5.74, 6) is -1.87. The third-order valence-electron chi connectivity index (χ3n) is 10.0. The number of carboxylic acid groups (broad SMARTS) is 1. The normalized spacial score (nSPS) is 14.4. The number of esters is 1. The summed E-state index contributed by atoms with van der Waals surface area (Å²) < 4.78 is 33.4. The fourth-order valence-corrected chi connectivity index (χ4v) is 7.11. The van der Waals surface area contributed by atoms with E-state index in [2.05, 4.69) is 74.6 Å². The molecule has 0 saturated heterocycles. The quantitative estimate of drug-likeness (QED) is 0.0233. The summed E-state index contributed by atoms with van der Waals surface area (Å²) in [5.41, 5.74) is 5.36. The number of nitrogens with two attached hydrogens (primary N) is 1. The summed E-state index contributed by atoms with van der Waals surface area (Å²) in [6, 6.07) is -1.49. The van der Waals surface area contributed by atoms with Crippen LogP contribution >= 0.6 is 7.82 Å². The lowest BCUT2D eigenvalue weighted by molar-refractivity contribution is -0.154. The maximum Gasteiger partial charge on any atom is 0.472 e. The summed E-state index contributed by atoms with van der Waals surface area (Å²) in [6.45, 7) is 3.69. The first-order chi connectivity index (χ1) is 29.7. The second kappa shape index (κ2) is 45.4. The van der Waals surface area contributed by atoms with Crippen molar-refractivity contribution in [1.82, 2.24) is 0 Å². The first-order valence-corrected chi connectivity index (χ1v) is 25.5. The van der Waals surface area contributed by atoms with E-state index in [4.69, 9.17) is 29.4 Å². The molecule has 0 radical (unpaired) electrons. The van der Waals surface area contributed by atoms with Crippen molar-refractivity contribution in [3.05, 3.63) is 72.9 Å². The van der Waals surface area contributed by atoms with Crippen LogP contribution in [0.5, 0.6) is 0 Å². The van der Waals surface area contributed by atoms with Crippen LogP contribution in [0.25, 0.3) is 0 Å². The van der Waals surface area contributed by atoms with Crippen LogP contribution in [0.4, 0.5) is 0 Å². The topological polar surface area (TPSA) is 155 Å². The van der Waals surface area contributed by atoms with Gasteiger partial charge < -0.3 is 25.2 Å². The van der Waals surface area contributed by atoms with E-state index in [-0.39, 0.29) is 13.0 Å². The second-order valence-electron chi connectivity index (χ2n) is 15.9. The zero-order chi connectivity index (χ0) is 44.8. The molecule has 11 heteroatoms. The number of carbonyl (C=O) groups excluding carboxylic acids is 1. The molecular weight excluding hydrogens is 790 g/mol. The smallest absolute Gasteiger partial charge is 0.472 e. The lowest BCUT2D eigenvalue weighted by Crippen LogP contribution is -2.34. The van der Waals surface area contributed by atoms with Gasteiger partial charge in [-0.05, 0) is 51.4 Å². The highest BCUT2D eigenvalue weighted by Gasteiger charge is 2.27. The highest BCUT2D eigenvalue weighted by atomic mass is 31.2. The van der Waals surface area contributed by atoms with Gasteiger partial charge in [0, 0.05) is 13.0 Å². The molecule has 352 valence electrons. The van der Waals surface area contributed by atoms with Gasteiger partial charge in [-0.2, -0.15) is 0 Å². The van der Waals surface area contributed by atoms with Crippen molar-refractivity contribution in [1.29, 1.82) is 0 Å². The number of unbranched alkanes of at least 4 members (excludes halogenated alkanes) is 19. The van der Waals surface area contributed by atoms with E-state index < -0.39 is 45.1 Å². The average Bonchev–Trinajstić information content (AvgIpc) is 3.24. The third kappa shape index (κ3) is 45.3. The van der Waals surface area contributed by atoms with E-state index in [0.29, 0.717) is 13.0 Å². The molecule has 4 N–H and O–H groups in total. The van der Waals surface area contributed by atoms with Crippen molar-refractivity contribution in [3.8, 4) is 0 Å². The van der Waals surface area contributed by atoms with Crippen molar-refractivity contribution in [2.24, 2.45) is 5.73 Å². The number of hydrogen-bond donors (Lipinski definition) is 3. The summed E-state index contributed by atoms with van der Waals surface area (Å²) in [4.78, 5) is 33.6. The molecule has 0 bridgehead atoms. The fourth-order valence-electron chi connectivity index (χ4n) is 6.34. The Morgan fingerprint density at radius 1 is 0.541 bits per heavy atom. The Kier molecular flexibility index (Phi) is 43.5. The number of carboxylic acids is 1. The maximum atomic E-state index is 12.6. The number of hydrogen-bond acceptors (Lipinski definition) is 8. The molecule has 0 fully saturated rings. The fraction of sp³-hybridized carbons (Fsp3) is 0.720. The van der Waals surface area contributed by atoms with E-state index in [0.717, 1.165) is 57.8 Å². The molecule has 10 nitrogen and oxygen atoms in total. The van der Waals surface area contributed by atoms with Crippen LogP contribution in [-0.4, -0.2) is 60.5 Å². The lowest BCUT2D eigenvalue weighted by atomic mass is 10.0. The molecule has 3 atom stereocenters. The van der Waals surface area contributed by atoms with Crippen LogP contribution in [0.3, 0.4) is 0 Å². The Balaban J connectivity index is 4.29. The number of aliphatic carboxylic acids is 1. The molecule has 0 spiro atoms. The molecule has 0 heterocycles. The van der Waals surface area contributed by atoms with Gasteiger partial charge >= 0.3 is 19.8 Å². The minimum absolute atomic E-state index is 0.0145. The minimum Gasteiger partial charge on any atom is -0.480 e. The van der Waals surface area contributed by atoms with Crippen LogP contribution < -0.4 is 5.73 Å². The Bertz CT molecular complexity index is 1250. The van der Waals surface area contributed by atoms with Crippen LogP contribution in [0.15, 0.2) is 72.9 Å². The van der Waals surface area contributed by atoms with Crippen molar-refractivity contribution in [2.45, 2.75) is 206 Å². The standard InChI is InChI=1S/C50H88NO9P/c1-3-5-7-9-11-13-15-17-19-21-23-25-27-29-31-33-35-37-39-41-43-57-44-47(45-58-61(55,56)59-46-48(51)50(53)54)60-49(52)42-40-38-36-34-32-30-28-26-24-22-20-18-16-14-12-10-8-6-4-2/h6,8,12,14,18,20,24,26,30,32,36,38,47-48H,3-5,7,9-11,13,15-17,19,21-23,25,27-29,31,33-35,37,39-46,51H2,1-2H3,(H,53,54)(H,55,56)/b8-6-,14-12-,20-18-,26-24-,32-30-,38-36-. The number of allylic oxidation sites excluding steroid dienone is 12. The van der Waals surface area contributed by atoms with E-state index in [1.54, 1.807) is 0 Å². The SMILES string of the molecule is CC/C=C\C/C=C\C/C=C\C/C=C\C/C=C\C/C=C\CCC(=O)OC(COCCCCCCCCCCCCCCCCCCCCCC)COP(=O)(O)OCC(N)C(=O)O. The minimum atomic E-state index is -4.64. The molecule has 0 aliphatic rings. The number of phosphoric acid groups is 1. The van der Waals surface area contributed by atoms with Crippen LogP contribution in [0.2, 0.25) is 0 Å². The van der Waals surface area contributed by atoms with E-state index >= 15 is 0 Å². The molecule has 0 aromatic carbocycles. The summed E-state index contributed by atoms with van der Waals surface area (Å²) in [5, 5.41) is 8.91. The number of carbonyl (C=O) groups is 2. The van der Waals surface area contributed by atoms with Crippen LogP contribution in [0, 0.1) is 0 Å². The molecular formula is C50H88NO9P. The maximum absolute atomic E-state index is 12.6. The van der Waals surface area contributed by atoms with Gasteiger partial charge in [0.25, 0.3) is 0 Å². The molecule has 3 unspecified atom stereocenters. The number of phosphoric ester groups is 1. The molecule has 0 aliphatic carbocycles. The predicted molar refractivity (Wildman–Crippen MR) is 254 cm³/mol. The zero-order valence-electron chi connectivity index (χ0n) is 38.5. The van der Waals surface area contributed by atoms with Gasteiger partial charge in [0.05, 0.1) is 19.8 Å². The van der Waals surface area contributed by atoms with Crippen molar-refractivity contribution >= 4 is 19.8 Å². The molecule has 0 aliphatic heterocycles. The number of rotatable bonds is 45.